The molecule has 0 atom stereocenters. The van der Waals surface area contributed by atoms with E-state index in [0.717, 1.165) is 52.5 Å². The van der Waals surface area contributed by atoms with Gasteiger partial charge in [0.2, 0.25) is 0 Å². The first-order chi connectivity index (χ1) is 31.6. The van der Waals surface area contributed by atoms with Crippen molar-refractivity contribution in [2.75, 3.05) is 27.8 Å². The van der Waals surface area contributed by atoms with E-state index < -0.39 is 0 Å². The second-order valence-electron chi connectivity index (χ2n) is 19.7. The summed E-state index contributed by atoms with van der Waals surface area (Å²) in [7, 11) is 0. The van der Waals surface area contributed by atoms with Crippen LogP contribution in [0.25, 0.3) is 0 Å². The monoisotopic (exact) mass is 868 g/mol. The summed E-state index contributed by atoms with van der Waals surface area (Å²) >= 11 is 0. The largest absolute Gasteiger partial charge is 0.344 e. The van der Waals surface area contributed by atoms with Gasteiger partial charge in [0.15, 0.2) is 0 Å². The lowest BCUT2D eigenvalue weighted by Crippen LogP contribution is -2.28. The fraction of sp³-hybridized carbons (Fsp3) is 0.276. The summed E-state index contributed by atoms with van der Waals surface area (Å²) in [5.74, 6) is -0.0475. The van der Waals surface area contributed by atoms with E-state index >= 15 is 0 Å². The van der Waals surface area contributed by atoms with Crippen molar-refractivity contribution >= 4 is 28.9 Å². The Balaban J connectivity index is 0.947. The van der Waals surface area contributed by atoms with Crippen LogP contribution in [0.1, 0.15) is 89.1 Å². The number of fused-ring (bicyclic) bond motifs is 2. The van der Waals surface area contributed by atoms with Gasteiger partial charge >= 0.3 is 0 Å². The summed E-state index contributed by atoms with van der Waals surface area (Å²) in [4.78, 5) is 36.2. The van der Waals surface area contributed by atoms with E-state index in [9.17, 15) is 20.1 Å². The molecule has 2 amide bonds. The molecular formula is C58H56N6O2. The summed E-state index contributed by atoms with van der Waals surface area (Å²) in [6, 6.07) is 37.8. The molecule has 4 aromatic carbocycles. The van der Waals surface area contributed by atoms with Crippen LogP contribution in [0.15, 0.2) is 179 Å². The van der Waals surface area contributed by atoms with Gasteiger partial charge in [0.05, 0.1) is 17.7 Å². The standard InChI is InChI=1S/C58H56N6O2/c1-39-36-62(44-24-20-41(34-59)21-25-44)54(65)46(39)28-30-52-57(4,5)47-12-8-10-14-50(47)61(52)33-32-40-16-18-43(19-17-40)37-63-51-15-11-9-13-48(51)58(6,7)53(63)31-29-49-55(66)64(38-56(49,2)3)45-26-22-42(35-60)23-27-45/h8-20,22-24,26-31,36H,21,25,32-33,37-38H2,1-7H3/b46-28+,49-29-,52-30+,53-31+. The number of hydrogen-bond donors (Lipinski definition) is 0. The van der Waals surface area contributed by atoms with Crippen LogP contribution in [0.2, 0.25) is 0 Å². The highest BCUT2D eigenvalue weighted by Crippen LogP contribution is 2.50. The second kappa shape index (κ2) is 16.9. The zero-order chi connectivity index (χ0) is 46.5. The molecule has 9 rings (SSSR count). The minimum Gasteiger partial charge on any atom is -0.344 e. The number of carbonyl (C=O) groups excluding carboxylic acids is 2. The van der Waals surface area contributed by atoms with Gasteiger partial charge in [-0.1, -0.05) is 108 Å². The summed E-state index contributed by atoms with van der Waals surface area (Å²) in [6.07, 6.45) is 16.1. The number of anilines is 3. The molecule has 1 aliphatic carbocycles. The van der Waals surface area contributed by atoms with E-state index in [0.29, 0.717) is 37.1 Å². The van der Waals surface area contributed by atoms with Crippen molar-refractivity contribution < 1.29 is 9.59 Å². The SMILES string of the molecule is CC1=CN(C2=CC=C(C#N)CC2)C(=O)/C1=C/C=C1/N(CCc2ccc(CN3/C(=C/C=C4/C(=O)N(c5ccc(C#N)cc5)CC4(C)C)C(C)(C)c4ccccc43)cc2)c2ccccc2C1(C)C. The first-order valence-electron chi connectivity index (χ1n) is 22.9. The van der Waals surface area contributed by atoms with Gasteiger partial charge in [-0.2, -0.15) is 10.5 Å². The van der Waals surface area contributed by atoms with Gasteiger partial charge in [-0.25, -0.2) is 0 Å². The molecule has 0 radical (unpaired) electrons. The van der Waals surface area contributed by atoms with Gasteiger partial charge < -0.3 is 14.7 Å². The Hall–Kier alpha value is -7.42. The Bertz CT molecular complexity index is 2970. The molecule has 0 aromatic heterocycles. The van der Waals surface area contributed by atoms with Crippen molar-refractivity contribution in [2.24, 2.45) is 5.41 Å². The molecule has 0 saturated carbocycles. The Morgan fingerprint density at radius 2 is 1.26 bits per heavy atom. The van der Waals surface area contributed by atoms with Crippen LogP contribution in [-0.2, 0) is 33.4 Å². The Labute approximate surface area is 389 Å². The maximum Gasteiger partial charge on any atom is 0.262 e. The van der Waals surface area contributed by atoms with E-state index in [-0.39, 0.29) is 28.1 Å². The third kappa shape index (κ3) is 7.71. The smallest absolute Gasteiger partial charge is 0.262 e. The predicted octanol–water partition coefficient (Wildman–Crippen LogP) is 11.8. The van der Waals surface area contributed by atoms with Crippen LogP contribution < -0.4 is 14.7 Å². The Morgan fingerprint density at radius 3 is 1.88 bits per heavy atom. The fourth-order valence-corrected chi connectivity index (χ4v) is 10.4. The molecule has 0 bridgehead atoms. The molecule has 8 nitrogen and oxygen atoms in total. The number of amides is 2. The molecule has 4 aromatic rings. The van der Waals surface area contributed by atoms with E-state index in [2.05, 4.69) is 148 Å². The maximum atomic E-state index is 14.0. The van der Waals surface area contributed by atoms with Crippen LogP contribution in [-0.4, -0.2) is 29.8 Å². The van der Waals surface area contributed by atoms with Crippen molar-refractivity contribution in [3.05, 3.63) is 207 Å². The number of carbonyl (C=O) groups is 2. The van der Waals surface area contributed by atoms with E-state index in [1.807, 2.05) is 54.5 Å². The number of nitrogens with zero attached hydrogens (tertiary/aromatic N) is 6. The highest BCUT2D eigenvalue weighted by atomic mass is 16.2. The van der Waals surface area contributed by atoms with Crippen LogP contribution in [0.5, 0.6) is 0 Å². The molecule has 1 saturated heterocycles. The molecule has 1 fully saturated rings. The highest BCUT2D eigenvalue weighted by molar-refractivity contribution is 6.09. The van der Waals surface area contributed by atoms with Gasteiger partial charge in [-0.05, 0) is 121 Å². The van der Waals surface area contributed by atoms with Crippen LogP contribution in [0.3, 0.4) is 0 Å². The summed E-state index contributed by atoms with van der Waals surface area (Å²) in [5, 5.41) is 18.6. The quantitative estimate of drug-likeness (QED) is 0.156. The molecule has 66 heavy (non-hydrogen) atoms. The number of nitriles is 2. The number of rotatable bonds is 9. The normalized spacial score (nSPS) is 21.6. The van der Waals surface area contributed by atoms with Crippen molar-refractivity contribution in [1.29, 1.82) is 10.5 Å². The molecule has 5 aliphatic rings. The van der Waals surface area contributed by atoms with Crippen molar-refractivity contribution in [2.45, 2.75) is 85.1 Å². The van der Waals surface area contributed by atoms with Gasteiger partial charge in [-0.3, -0.25) is 14.5 Å². The molecule has 0 N–H and O–H groups in total. The number of hydrogen-bond acceptors (Lipinski definition) is 6. The summed E-state index contributed by atoms with van der Waals surface area (Å²) in [6.45, 7) is 17.3. The van der Waals surface area contributed by atoms with Gasteiger partial charge in [0.1, 0.15) is 0 Å². The summed E-state index contributed by atoms with van der Waals surface area (Å²) < 4.78 is 0. The third-order valence-electron chi connectivity index (χ3n) is 14.2. The minimum atomic E-state index is -0.373. The Kier molecular flexibility index (Phi) is 11.2. The molecule has 330 valence electrons. The average molecular weight is 869 g/mol. The van der Waals surface area contributed by atoms with Crippen molar-refractivity contribution in [3.63, 3.8) is 0 Å². The average Bonchev–Trinajstić information content (AvgIpc) is 3.90. The van der Waals surface area contributed by atoms with Crippen LogP contribution in [0, 0.1) is 28.1 Å². The van der Waals surface area contributed by atoms with Gasteiger partial charge in [-0.15, -0.1) is 0 Å². The van der Waals surface area contributed by atoms with E-state index in [1.54, 1.807) is 17.0 Å². The second-order valence-corrected chi connectivity index (χ2v) is 19.7. The molecule has 8 heteroatoms. The molecule has 4 aliphatic heterocycles. The maximum absolute atomic E-state index is 14.0. The number of allylic oxidation sites excluding steroid dienone is 10. The molecular weight excluding hydrogens is 813 g/mol. The van der Waals surface area contributed by atoms with Gasteiger partial charge in [0, 0.05) is 93.0 Å². The van der Waals surface area contributed by atoms with Crippen LogP contribution >= 0.6 is 0 Å². The lowest BCUT2D eigenvalue weighted by Gasteiger charge is -2.28. The van der Waals surface area contributed by atoms with Gasteiger partial charge in [0.25, 0.3) is 11.8 Å². The first kappa shape index (κ1) is 43.8. The molecule has 0 spiro atoms. The minimum absolute atomic E-state index is 0.0108. The fourth-order valence-electron chi connectivity index (χ4n) is 10.4. The topological polar surface area (TPSA) is 94.7 Å². The predicted molar refractivity (Wildman–Crippen MR) is 264 cm³/mol. The van der Waals surface area contributed by atoms with E-state index in [4.69, 9.17) is 0 Å². The zero-order valence-electron chi connectivity index (χ0n) is 39.0. The number of benzene rings is 4. The third-order valence-corrected chi connectivity index (χ3v) is 14.2. The molecule has 4 heterocycles. The highest BCUT2D eigenvalue weighted by Gasteiger charge is 2.44. The number of para-hydroxylation sites is 2. The lowest BCUT2D eigenvalue weighted by molar-refractivity contribution is -0.122. The summed E-state index contributed by atoms with van der Waals surface area (Å²) in [5.41, 5.74) is 14.1. The molecule has 0 unspecified atom stereocenters. The Morgan fingerprint density at radius 1 is 0.652 bits per heavy atom. The van der Waals surface area contributed by atoms with Crippen LogP contribution in [0.4, 0.5) is 17.1 Å². The van der Waals surface area contributed by atoms with Crippen molar-refractivity contribution in [3.8, 4) is 12.1 Å². The zero-order valence-corrected chi connectivity index (χ0v) is 39.0. The van der Waals surface area contributed by atoms with E-state index in [1.165, 1.54) is 33.6 Å². The van der Waals surface area contributed by atoms with Crippen molar-refractivity contribution in [1.82, 2.24) is 4.90 Å². The lowest BCUT2D eigenvalue weighted by atomic mass is 9.82. The first-order valence-corrected chi connectivity index (χ1v) is 22.9.